The molecule has 1 fully saturated rings. The number of hydrogen-bond donors (Lipinski definition) is 1. The first kappa shape index (κ1) is 21.5. The maximum absolute atomic E-state index is 10.5. The second-order valence-electron chi connectivity index (χ2n) is 6.97. The Balaban J connectivity index is 0.000000298. The van der Waals surface area contributed by atoms with Gasteiger partial charge in [-0.15, -0.1) is 0 Å². The zero-order chi connectivity index (χ0) is 19.5. The predicted octanol–water partition coefficient (Wildman–Crippen LogP) is 4.17. The SMILES string of the molecule is C[N+]1(C2CCCCC2)CNc2c(Br)cc(Br)cc2C1.O=C([O-])C(F)(F)F. The first-order valence-corrected chi connectivity index (χ1v) is 9.96. The number of hydrogen-bond acceptors (Lipinski definition) is 3. The Labute approximate surface area is 167 Å². The molecule has 0 spiro atoms. The molecule has 1 atom stereocenters. The molecule has 0 aromatic heterocycles. The average molecular weight is 502 g/mol. The van der Waals surface area contributed by atoms with Crippen LogP contribution in [0.3, 0.4) is 0 Å². The van der Waals surface area contributed by atoms with E-state index in [9.17, 15) is 13.2 Å². The third kappa shape index (κ3) is 5.36. The number of halogens is 5. The molecule has 4 nitrogen and oxygen atoms in total. The Hall–Kier alpha value is -0.800. The highest BCUT2D eigenvalue weighted by atomic mass is 79.9. The first-order chi connectivity index (χ1) is 12.0. The van der Waals surface area contributed by atoms with Gasteiger partial charge in [0.1, 0.15) is 12.5 Å². The quantitative estimate of drug-likeness (QED) is 0.587. The molecule has 1 aliphatic carbocycles. The number of quaternary nitrogens is 1. The lowest BCUT2D eigenvalue weighted by atomic mass is 9.91. The molecule has 146 valence electrons. The number of carbonyl (C=O) groups excluding carboxylic acids is 1. The number of aliphatic carboxylic acids is 1. The van der Waals surface area contributed by atoms with E-state index in [0.717, 1.165) is 28.2 Å². The van der Waals surface area contributed by atoms with Gasteiger partial charge in [-0.3, -0.25) is 0 Å². The molecule has 0 radical (unpaired) electrons. The summed E-state index contributed by atoms with van der Waals surface area (Å²) < 4.78 is 35.0. The number of carboxylic acids is 1. The van der Waals surface area contributed by atoms with E-state index in [4.69, 9.17) is 9.90 Å². The van der Waals surface area contributed by atoms with E-state index in [2.05, 4.69) is 56.4 Å². The molecule has 0 amide bonds. The average Bonchev–Trinajstić information content (AvgIpc) is 2.54. The first-order valence-electron chi connectivity index (χ1n) is 8.37. The molecule has 1 aromatic rings. The van der Waals surface area contributed by atoms with Crippen LogP contribution in [0.2, 0.25) is 0 Å². The summed E-state index contributed by atoms with van der Waals surface area (Å²) in [7, 11) is 2.42. The second kappa shape index (κ2) is 8.48. The molecule has 1 aromatic carbocycles. The van der Waals surface area contributed by atoms with Gasteiger partial charge in [-0.05, 0) is 53.7 Å². The molecule has 1 unspecified atom stereocenters. The van der Waals surface area contributed by atoms with Crippen molar-refractivity contribution >= 4 is 43.5 Å². The number of carboxylic acid groups (broad SMARTS) is 1. The summed E-state index contributed by atoms with van der Waals surface area (Å²) in [6.07, 6.45) is 1.84. The molecule has 0 saturated heterocycles. The summed E-state index contributed by atoms with van der Waals surface area (Å²) in [6, 6.07) is 5.22. The van der Waals surface area contributed by atoms with E-state index in [1.165, 1.54) is 47.8 Å². The maximum atomic E-state index is 10.5. The predicted molar refractivity (Wildman–Crippen MR) is 98.2 cm³/mol. The molecule has 1 heterocycles. The highest BCUT2D eigenvalue weighted by Gasteiger charge is 2.37. The Morgan fingerprint density at radius 1 is 1.23 bits per heavy atom. The molecule has 0 bridgehead atoms. The standard InChI is InChI=1S/C15H21Br2N2.C2HF3O2/c1-19(13-5-3-2-4-6-13)9-11-7-12(16)8-14(17)15(11)18-10-19;3-2(4,5)1(6)7/h7-8,13,18H,2-6,9-10H2,1H3;(H,6,7)/q+1;/p-1. The van der Waals surface area contributed by atoms with Crippen molar-refractivity contribution in [2.24, 2.45) is 0 Å². The third-order valence-electron chi connectivity index (χ3n) is 4.97. The lowest BCUT2D eigenvalue weighted by Gasteiger charge is -2.46. The third-order valence-corrected chi connectivity index (χ3v) is 6.06. The summed E-state index contributed by atoms with van der Waals surface area (Å²) in [5.74, 6) is -3.01. The maximum Gasteiger partial charge on any atom is 0.430 e. The number of nitrogens with one attached hydrogen (secondary N) is 1. The van der Waals surface area contributed by atoms with Crippen molar-refractivity contribution in [2.45, 2.75) is 50.9 Å². The Bertz CT molecular complexity index is 664. The monoisotopic (exact) mass is 500 g/mol. The summed E-state index contributed by atoms with van der Waals surface area (Å²) >= 11 is 7.28. The summed E-state index contributed by atoms with van der Waals surface area (Å²) in [5, 5.41) is 12.4. The molecule has 1 saturated carbocycles. The van der Waals surface area contributed by atoms with Crippen LogP contribution in [0.1, 0.15) is 37.7 Å². The van der Waals surface area contributed by atoms with Crippen molar-refractivity contribution in [2.75, 3.05) is 19.0 Å². The Morgan fingerprint density at radius 3 is 2.35 bits per heavy atom. The smallest absolute Gasteiger partial charge is 0.430 e. The van der Waals surface area contributed by atoms with E-state index in [0.29, 0.717) is 0 Å². The van der Waals surface area contributed by atoms with Gasteiger partial charge in [0.15, 0.2) is 6.67 Å². The van der Waals surface area contributed by atoms with E-state index < -0.39 is 12.1 Å². The fourth-order valence-electron chi connectivity index (χ4n) is 3.62. The van der Waals surface area contributed by atoms with Crippen LogP contribution in [0, 0.1) is 0 Å². The second-order valence-corrected chi connectivity index (χ2v) is 8.74. The minimum atomic E-state index is -5.19. The molecule has 1 N–H and O–H groups in total. The molecule has 3 rings (SSSR count). The largest absolute Gasteiger partial charge is 0.542 e. The number of anilines is 1. The van der Waals surface area contributed by atoms with Crippen molar-refractivity contribution in [3.05, 3.63) is 26.6 Å². The van der Waals surface area contributed by atoms with Gasteiger partial charge in [-0.25, -0.2) is 0 Å². The van der Waals surface area contributed by atoms with Crippen LogP contribution < -0.4 is 10.4 Å². The molecule has 2 aliphatic rings. The van der Waals surface area contributed by atoms with E-state index >= 15 is 0 Å². The zero-order valence-electron chi connectivity index (χ0n) is 14.3. The van der Waals surface area contributed by atoms with Crippen molar-refractivity contribution in [3.63, 3.8) is 0 Å². The molecular weight excluding hydrogens is 481 g/mol. The van der Waals surface area contributed by atoms with Crippen molar-refractivity contribution < 1.29 is 27.6 Å². The number of fused-ring (bicyclic) bond motifs is 1. The van der Waals surface area contributed by atoms with Crippen molar-refractivity contribution in [3.8, 4) is 0 Å². The van der Waals surface area contributed by atoms with Gasteiger partial charge in [-0.1, -0.05) is 22.4 Å². The van der Waals surface area contributed by atoms with Gasteiger partial charge >= 0.3 is 6.18 Å². The van der Waals surface area contributed by atoms with Crippen LogP contribution >= 0.6 is 31.9 Å². The Morgan fingerprint density at radius 2 is 1.81 bits per heavy atom. The number of rotatable bonds is 1. The summed E-state index contributed by atoms with van der Waals surface area (Å²) in [5.41, 5.74) is 2.72. The molecular formula is C17H21Br2F3N2O2. The van der Waals surface area contributed by atoms with Gasteiger partial charge in [0.05, 0.1) is 18.8 Å². The van der Waals surface area contributed by atoms with E-state index in [-0.39, 0.29) is 0 Å². The zero-order valence-corrected chi connectivity index (χ0v) is 17.5. The van der Waals surface area contributed by atoms with E-state index in [1.54, 1.807) is 0 Å². The number of nitrogens with zero attached hydrogens (tertiary/aromatic N) is 1. The lowest BCUT2D eigenvalue weighted by Crippen LogP contribution is -2.56. The van der Waals surface area contributed by atoms with Crippen LogP contribution in [0.15, 0.2) is 21.1 Å². The number of carbonyl (C=O) groups is 1. The van der Waals surface area contributed by atoms with Crippen molar-refractivity contribution in [1.82, 2.24) is 0 Å². The molecule has 9 heteroatoms. The fourth-order valence-corrected chi connectivity index (χ4v) is 5.07. The van der Waals surface area contributed by atoms with Gasteiger partial charge in [0.25, 0.3) is 0 Å². The van der Waals surface area contributed by atoms with Crippen LogP contribution in [0.25, 0.3) is 0 Å². The number of alkyl halides is 3. The minimum absolute atomic E-state index is 0.826. The highest BCUT2D eigenvalue weighted by molar-refractivity contribution is 9.11. The van der Waals surface area contributed by atoms with Gasteiger partial charge in [0.2, 0.25) is 0 Å². The lowest BCUT2D eigenvalue weighted by molar-refractivity contribution is -0.945. The van der Waals surface area contributed by atoms with Gasteiger partial charge < -0.3 is 19.7 Å². The van der Waals surface area contributed by atoms with Crippen molar-refractivity contribution in [1.29, 1.82) is 0 Å². The van der Waals surface area contributed by atoms with Crippen LogP contribution in [0.5, 0.6) is 0 Å². The summed E-state index contributed by atoms with van der Waals surface area (Å²) in [6.45, 7) is 2.20. The van der Waals surface area contributed by atoms with E-state index in [1.807, 2.05) is 0 Å². The van der Waals surface area contributed by atoms with Crippen LogP contribution in [-0.4, -0.2) is 36.4 Å². The fraction of sp³-hybridized carbons (Fsp3) is 0.588. The normalized spacial score (nSPS) is 23.3. The summed E-state index contributed by atoms with van der Waals surface area (Å²) in [4.78, 5) is 8.78. The molecule has 26 heavy (non-hydrogen) atoms. The Kier molecular flexibility index (Phi) is 7.01. The number of benzene rings is 1. The molecule has 1 aliphatic heterocycles. The van der Waals surface area contributed by atoms with Gasteiger partial charge in [-0.2, -0.15) is 13.2 Å². The topological polar surface area (TPSA) is 52.2 Å². The van der Waals surface area contributed by atoms with Gasteiger partial charge in [0, 0.05) is 14.5 Å². The minimum Gasteiger partial charge on any atom is -0.542 e. The van der Waals surface area contributed by atoms with Crippen LogP contribution in [0.4, 0.5) is 18.9 Å². The highest BCUT2D eigenvalue weighted by Crippen LogP contribution is 2.38. The van der Waals surface area contributed by atoms with Crippen LogP contribution in [-0.2, 0) is 11.3 Å².